The Kier molecular flexibility index (Phi) is 5.71. The van der Waals surface area contributed by atoms with Crippen molar-refractivity contribution in [2.45, 2.75) is 45.2 Å². The second-order valence-corrected chi connectivity index (χ2v) is 6.23. The number of halogens is 2. The van der Waals surface area contributed by atoms with Crippen LogP contribution in [0.2, 0.25) is 0 Å². The van der Waals surface area contributed by atoms with Crippen molar-refractivity contribution >= 4 is 0 Å². The first-order chi connectivity index (χ1) is 10.1. The van der Waals surface area contributed by atoms with Crippen molar-refractivity contribution in [3.63, 3.8) is 0 Å². The highest BCUT2D eigenvalue weighted by molar-refractivity contribution is 5.24. The van der Waals surface area contributed by atoms with Gasteiger partial charge in [-0.15, -0.1) is 0 Å². The molecule has 1 fully saturated rings. The Labute approximate surface area is 126 Å². The van der Waals surface area contributed by atoms with Gasteiger partial charge in [0.25, 0.3) is 0 Å². The molecular weight excluding hydrogens is 270 g/mol. The normalized spacial score (nSPS) is 24.3. The van der Waals surface area contributed by atoms with Gasteiger partial charge in [-0.1, -0.05) is 18.6 Å². The molecule has 0 spiro atoms. The molecule has 118 valence electrons. The number of likely N-dealkylation sites (tertiary alicyclic amines) is 1. The van der Waals surface area contributed by atoms with Crippen molar-refractivity contribution in [3.05, 3.63) is 35.4 Å². The van der Waals surface area contributed by atoms with E-state index in [1.807, 2.05) is 7.05 Å². The molecule has 1 N–H and O–H groups in total. The molecule has 2 unspecified atom stereocenters. The first kappa shape index (κ1) is 16.4. The van der Waals surface area contributed by atoms with Gasteiger partial charge in [0.15, 0.2) is 11.6 Å². The number of nitrogens with one attached hydrogen (secondary N) is 1. The van der Waals surface area contributed by atoms with E-state index in [1.54, 1.807) is 12.1 Å². The predicted octanol–water partition coefficient (Wildman–Crippen LogP) is 3.74. The Bertz CT molecular complexity index is 462. The van der Waals surface area contributed by atoms with Gasteiger partial charge >= 0.3 is 0 Å². The number of hydrogen-bond donors (Lipinski definition) is 1. The monoisotopic (exact) mass is 296 g/mol. The fraction of sp³-hybridized carbons (Fsp3) is 0.647. The van der Waals surface area contributed by atoms with E-state index in [0.717, 1.165) is 32.4 Å². The summed E-state index contributed by atoms with van der Waals surface area (Å²) in [5, 5.41) is 3.22. The van der Waals surface area contributed by atoms with Crippen LogP contribution in [-0.4, -0.2) is 31.1 Å². The van der Waals surface area contributed by atoms with Gasteiger partial charge in [0, 0.05) is 17.6 Å². The highest BCUT2D eigenvalue weighted by Crippen LogP contribution is 2.37. The van der Waals surface area contributed by atoms with E-state index in [4.69, 9.17) is 0 Å². The summed E-state index contributed by atoms with van der Waals surface area (Å²) in [6, 6.07) is 4.81. The summed E-state index contributed by atoms with van der Waals surface area (Å²) in [5.74, 6) is -1.13. The summed E-state index contributed by atoms with van der Waals surface area (Å²) in [7, 11) is 1.92. The number of hydrogen-bond acceptors (Lipinski definition) is 2. The molecule has 0 amide bonds. The summed E-state index contributed by atoms with van der Waals surface area (Å²) in [4.78, 5) is 2.33. The van der Waals surface area contributed by atoms with Gasteiger partial charge in [0.1, 0.15) is 0 Å². The van der Waals surface area contributed by atoms with E-state index in [0.29, 0.717) is 17.5 Å². The van der Waals surface area contributed by atoms with Gasteiger partial charge in [-0.05, 0) is 58.8 Å². The Morgan fingerprint density at radius 1 is 1.29 bits per heavy atom. The lowest BCUT2D eigenvalue weighted by atomic mass is 9.88. The standard InChI is InChI=1S/C17H26F2N2/c1-12(2)21-10-5-4-7-13(11-20-3)17(21)14-8-6-9-15(18)16(14)19/h6,8-9,12-13,17,20H,4-5,7,10-11H2,1-3H3. The second-order valence-electron chi connectivity index (χ2n) is 6.23. The van der Waals surface area contributed by atoms with Crippen molar-refractivity contribution in [3.8, 4) is 0 Å². The third kappa shape index (κ3) is 3.61. The quantitative estimate of drug-likeness (QED) is 0.910. The molecule has 1 aromatic rings. The fourth-order valence-corrected chi connectivity index (χ4v) is 3.51. The van der Waals surface area contributed by atoms with Crippen LogP contribution in [0.1, 0.15) is 44.7 Å². The maximum absolute atomic E-state index is 14.3. The van der Waals surface area contributed by atoms with Crippen LogP contribution < -0.4 is 5.32 Å². The van der Waals surface area contributed by atoms with E-state index in [1.165, 1.54) is 6.07 Å². The van der Waals surface area contributed by atoms with Crippen molar-refractivity contribution in [1.82, 2.24) is 10.2 Å². The van der Waals surface area contributed by atoms with Crippen LogP contribution in [0.25, 0.3) is 0 Å². The average molecular weight is 296 g/mol. The Balaban J connectivity index is 2.45. The fourth-order valence-electron chi connectivity index (χ4n) is 3.51. The highest BCUT2D eigenvalue weighted by atomic mass is 19.2. The van der Waals surface area contributed by atoms with Crippen LogP contribution >= 0.6 is 0 Å². The van der Waals surface area contributed by atoms with Gasteiger partial charge in [0.2, 0.25) is 0 Å². The minimum absolute atomic E-state index is 0.0596. The zero-order valence-corrected chi connectivity index (χ0v) is 13.2. The van der Waals surface area contributed by atoms with Crippen LogP contribution in [0, 0.1) is 17.6 Å². The van der Waals surface area contributed by atoms with E-state index < -0.39 is 11.6 Å². The summed E-state index contributed by atoms with van der Waals surface area (Å²) in [6.07, 6.45) is 3.31. The minimum Gasteiger partial charge on any atom is -0.319 e. The molecule has 1 aliphatic rings. The number of nitrogens with zero attached hydrogens (tertiary/aromatic N) is 1. The van der Waals surface area contributed by atoms with E-state index >= 15 is 0 Å². The van der Waals surface area contributed by atoms with Gasteiger partial charge in [-0.3, -0.25) is 4.90 Å². The summed E-state index contributed by atoms with van der Waals surface area (Å²) < 4.78 is 28.0. The Morgan fingerprint density at radius 2 is 2.05 bits per heavy atom. The first-order valence-electron chi connectivity index (χ1n) is 7.90. The third-order valence-electron chi connectivity index (χ3n) is 4.47. The number of benzene rings is 1. The average Bonchev–Trinajstić information content (AvgIpc) is 2.65. The van der Waals surface area contributed by atoms with Crippen molar-refractivity contribution in [2.75, 3.05) is 20.1 Å². The molecule has 1 saturated heterocycles. The van der Waals surface area contributed by atoms with Crippen LogP contribution in [0.4, 0.5) is 8.78 Å². The molecule has 0 radical (unpaired) electrons. The van der Waals surface area contributed by atoms with Gasteiger partial charge in [-0.2, -0.15) is 0 Å². The van der Waals surface area contributed by atoms with E-state index in [9.17, 15) is 8.78 Å². The first-order valence-corrected chi connectivity index (χ1v) is 7.90. The second kappa shape index (κ2) is 7.32. The molecule has 0 aromatic heterocycles. The van der Waals surface area contributed by atoms with Crippen molar-refractivity contribution in [2.24, 2.45) is 5.92 Å². The SMILES string of the molecule is CNCC1CCCCN(C(C)C)C1c1cccc(F)c1F. The van der Waals surface area contributed by atoms with Crippen LogP contribution in [-0.2, 0) is 0 Å². The lowest BCUT2D eigenvalue weighted by molar-refractivity contribution is 0.115. The molecule has 1 heterocycles. The smallest absolute Gasteiger partial charge is 0.163 e. The molecule has 2 atom stereocenters. The molecule has 2 rings (SSSR count). The largest absolute Gasteiger partial charge is 0.319 e. The number of rotatable bonds is 4. The molecule has 21 heavy (non-hydrogen) atoms. The third-order valence-corrected chi connectivity index (χ3v) is 4.47. The van der Waals surface area contributed by atoms with Crippen molar-refractivity contribution < 1.29 is 8.78 Å². The van der Waals surface area contributed by atoms with Crippen LogP contribution in [0.15, 0.2) is 18.2 Å². The van der Waals surface area contributed by atoms with Gasteiger partial charge in [-0.25, -0.2) is 8.78 Å². The maximum Gasteiger partial charge on any atom is 0.163 e. The summed E-state index contributed by atoms with van der Waals surface area (Å²) in [5.41, 5.74) is 0.505. The zero-order chi connectivity index (χ0) is 15.4. The molecule has 0 saturated carbocycles. The molecule has 1 aromatic carbocycles. The Hall–Kier alpha value is -1.00. The molecular formula is C17H26F2N2. The molecule has 4 heteroatoms. The minimum atomic E-state index is -0.747. The van der Waals surface area contributed by atoms with Crippen molar-refractivity contribution in [1.29, 1.82) is 0 Å². The highest BCUT2D eigenvalue weighted by Gasteiger charge is 2.34. The lowest BCUT2D eigenvalue weighted by Crippen LogP contribution is -2.40. The molecule has 0 aliphatic carbocycles. The van der Waals surface area contributed by atoms with E-state index in [2.05, 4.69) is 24.1 Å². The Morgan fingerprint density at radius 3 is 2.71 bits per heavy atom. The van der Waals surface area contributed by atoms with Gasteiger partial charge in [0.05, 0.1) is 0 Å². The molecule has 1 aliphatic heterocycles. The predicted molar refractivity (Wildman–Crippen MR) is 82.2 cm³/mol. The summed E-state index contributed by atoms with van der Waals surface area (Å²) >= 11 is 0. The topological polar surface area (TPSA) is 15.3 Å². The molecule has 0 bridgehead atoms. The zero-order valence-electron chi connectivity index (χ0n) is 13.2. The van der Waals surface area contributed by atoms with Crippen LogP contribution in [0.3, 0.4) is 0 Å². The van der Waals surface area contributed by atoms with Crippen LogP contribution in [0.5, 0.6) is 0 Å². The van der Waals surface area contributed by atoms with Gasteiger partial charge < -0.3 is 5.32 Å². The van der Waals surface area contributed by atoms with E-state index in [-0.39, 0.29) is 6.04 Å². The molecule has 2 nitrogen and oxygen atoms in total. The summed E-state index contributed by atoms with van der Waals surface area (Å²) in [6.45, 7) is 6.03. The maximum atomic E-state index is 14.3. The lowest BCUT2D eigenvalue weighted by Gasteiger charge is -2.38.